The van der Waals surface area contributed by atoms with Gasteiger partial charge in [0.2, 0.25) is 0 Å². The van der Waals surface area contributed by atoms with Gasteiger partial charge in [-0.3, -0.25) is 4.79 Å². The highest BCUT2D eigenvalue weighted by Crippen LogP contribution is 2.34. The van der Waals surface area contributed by atoms with Crippen molar-refractivity contribution in [1.29, 1.82) is 0 Å². The molecule has 2 aliphatic rings. The zero-order chi connectivity index (χ0) is 10.3. The number of fused-ring (bicyclic) bond motifs is 2. The zero-order valence-electron chi connectivity index (χ0n) is 8.62. The molecule has 2 heterocycles. The monoisotopic (exact) mass is 199 g/mol. The Morgan fingerprint density at radius 2 is 2.21 bits per heavy atom. The molecule has 2 aliphatic heterocycles. The lowest BCUT2D eigenvalue weighted by atomic mass is 9.95. The van der Waals surface area contributed by atoms with Crippen LogP contribution >= 0.6 is 0 Å². The molecule has 80 valence electrons. The molecular weight excluding hydrogens is 182 g/mol. The van der Waals surface area contributed by atoms with Gasteiger partial charge in [0.1, 0.15) is 5.60 Å². The average Bonchev–Trinajstić information content (AvgIpc) is 2.62. The van der Waals surface area contributed by atoms with E-state index in [1.807, 2.05) is 0 Å². The van der Waals surface area contributed by atoms with Gasteiger partial charge in [-0.15, -0.1) is 0 Å². The first-order valence-electron chi connectivity index (χ1n) is 5.15. The third-order valence-electron chi connectivity index (χ3n) is 2.98. The van der Waals surface area contributed by atoms with Gasteiger partial charge in [-0.25, -0.2) is 0 Å². The Kier molecular flexibility index (Phi) is 2.27. The van der Waals surface area contributed by atoms with Crippen molar-refractivity contribution in [3.63, 3.8) is 0 Å². The smallest absolute Gasteiger partial charge is 0.251 e. The molecule has 0 saturated carbocycles. The van der Waals surface area contributed by atoms with Gasteiger partial charge in [-0.05, 0) is 33.1 Å². The predicted molar refractivity (Wildman–Crippen MR) is 50.7 cm³/mol. The van der Waals surface area contributed by atoms with Gasteiger partial charge in [0.25, 0.3) is 5.91 Å². The molecule has 2 bridgehead atoms. The van der Waals surface area contributed by atoms with Crippen LogP contribution in [0.3, 0.4) is 0 Å². The molecule has 0 aliphatic carbocycles. The normalized spacial score (nSPS) is 36.1. The molecule has 0 aromatic heterocycles. The van der Waals surface area contributed by atoms with E-state index >= 15 is 0 Å². The number of amides is 1. The second kappa shape index (κ2) is 3.21. The number of hydrogen-bond acceptors (Lipinski definition) is 3. The van der Waals surface area contributed by atoms with Crippen molar-refractivity contribution in [2.45, 2.75) is 57.0 Å². The van der Waals surface area contributed by atoms with Crippen LogP contribution < -0.4 is 5.32 Å². The van der Waals surface area contributed by atoms with E-state index in [1.54, 1.807) is 0 Å². The van der Waals surface area contributed by atoms with Crippen molar-refractivity contribution in [2.75, 3.05) is 0 Å². The van der Waals surface area contributed by atoms with E-state index in [9.17, 15) is 9.90 Å². The summed E-state index contributed by atoms with van der Waals surface area (Å²) in [6.45, 7) is 2.99. The molecule has 2 N–H and O–H groups in total. The Morgan fingerprint density at radius 1 is 1.50 bits per heavy atom. The van der Waals surface area contributed by atoms with Crippen LogP contribution in [0.25, 0.3) is 0 Å². The van der Waals surface area contributed by atoms with Crippen LogP contribution in [-0.2, 0) is 9.53 Å². The Morgan fingerprint density at radius 3 is 2.64 bits per heavy atom. The van der Waals surface area contributed by atoms with Crippen LogP contribution in [0.5, 0.6) is 0 Å². The van der Waals surface area contributed by atoms with Crippen LogP contribution in [0.2, 0.25) is 0 Å². The van der Waals surface area contributed by atoms with Crippen LogP contribution in [0.4, 0.5) is 0 Å². The lowest BCUT2D eigenvalue weighted by Gasteiger charge is -2.24. The molecule has 0 aromatic rings. The Hall–Kier alpha value is -0.610. The molecule has 0 spiro atoms. The quantitative estimate of drug-likeness (QED) is 0.667. The maximum Gasteiger partial charge on any atom is 0.251 e. The van der Waals surface area contributed by atoms with Gasteiger partial charge in [0, 0.05) is 0 Å². The van der Waals surface area contributed by atoms with Gasteiger partial charge in [-0.1, -0.05) is 0 Å². The third kappa shape index (κ3) is 1.77. The first-order chi connectivity index (χ1) is 6.47. The molecular formula is C10H17NO3. The molecule has 3 atom stereocenters. The van der Waals surface area contributed by atoms with Gasteiger partial charge in [-0.2, -0.15) is 0 Å². The first kappa shape index (κ1) is 9.93. The molecule has 0 aromatic carbocycles. The predicted octanol–water partition coefficient (Wildman–Crippen LogP) is 0.193. The van der Waals surface area contributed by atoms with Crippen LogP contribution in [0.1, 0.15) is 33.1 Å². The fraction of sp³-hybridized carbons (Fsp3) is 0.900. The molecule has 2 fully saturated rings. The highest BCUT2D eigenvalue weighted by Gasteiger charge is 2.42. The number of hydrogen-bond donors (Lipinski definition) is 2. The van der Waals surface area contributed by atoms with Crippen molar-refractivity contribution in [2.24, 2.45) is 0 Å². The number of carbonyl (C=O) groups excluding carboxylic acids is 1. The lowest BCUT2D eigenvalue weighted by molar-refractivity contribution is -0.137. The first-order valence-corrected chi connectivity index (χ1v) is 5.15. The second-order valence-electron chi connectivity index (χ2n) is 4.75. The summed E-state index contributed by atoms with van der Waals surface area (Å²) in [4.78, 5) is 11.5. The van der Waals surface area contributed by atoms with Crippen LogP contribution in [0.15, 0.2) is 0 Å². The fourth-order valence-electron chi connectivity index (χ4n) is 2.13. The SMILES string of the molecule is CC(C)(O)C(=O)NC1CC2CCC1O2. The molecule has 1 amide bonds. The van der Waals surface area contributed by atoms with Crippen molar-refractivity contribution in [3.05, 3.63) is 0 Å². The summed E-state index contributed by atoms with van der Waals surface area (Å²) in [5.41, 5.74) is -1.29. The van der Waals surface area contributed by atoms with E-state index in [2.05, 4.69) is 5.32 Å². The summed E-state index contributed by atoms with van der Waals surface area (Å²) < 4.78 is 5.60. The molecule has 4 heteroatoms. The molecule has 14 heavy (non-hydrogen) atoms. The lowest BCUT2D eigenvalue weighted by Crippen LogP contribution is -2.49. The summed E-state index contributed by atoms with van der Waals surface area (Å²) in [5.74, 6) is -0.307. The number of rotatable bonds is 2. The average molecular weight is 199 g/mol. The number of ether oxygens (including phenoxy) is 1. The molecule has 3 unspecified atom stereocenters. The van der Waals surface area contributed by atoms with E-state index in [0.29, 0.717) is 6.10 Å². The minimum absolute atomic E-state index is 0.104. The van der Waals surface area contributed by atoms with Gasteiger partial charge < -0.3 is 15.2 Å². The van der Waals surface area contributed by atoms with Crippen molar-refractivity contribution in [3.8, 4) is 0 Å². The maximum absolute atomic E-state index is 11.5. The molecule has 4 nitrogen and oxygen atoms in total. The number of carbonyl (C=O) groups is 1. The molecule has 0 radical (unpaired) electrons. The largest absolute Gasteiger partial charge is 0.381 e. The minimum Gasteiger partial charge on any atom is -0.381 e. The number of aliphatic hydroxyl groups is 1. The fourth-order valence-corrected chi connectivity index (χ4v) is 2.13. The van der Waals surface area contributed by atoms with Crippen LogP contribution in [-0.4, -0.2) is 34.9 Å². The Bertz CT molecular complexity index is 246. The zero-order valence-corrected chi connectivity index (χ0v) is 8.62. The van der Waals surface area contributed by atoms with Gasteiger partial charge in [0.15, 0.2) is 0 Å². The molecule has 2 saturated heterocycles. The highest BCUT2D eigenvalue weighted by atomic mass is 16.5. The summed E-state index contributed by atoms with van der Waals surface area (Å²) in [7, 11) is 0. The third-order valence-corrected chi connectivity index (χ3v) is 2.98. The van der Waals surface area contributed by atoms with Gasteiger partial charge in [0.05, 0.1) is 18.2 Å². The topological polar surface area (TPSA) is 58.6 Å². The van der Waals surface area contributed by atoms with Crippen molar-refractivity contribution < 1.29 is 14.6 Å². The summed E-state index contributed by atoms with van der Waals surface area (Å²) in [6.07, 6.45) is 3.53. The highest BCUT2D eigenvalue weighted by molar-refractivity contribution is 5.84. The van der Waals surface area contributed by atoms with Crippen LogP contribution in [0, 0.1) is 0 Å². The Labute approximate surface area is 83.6 Å². The van der Waals surface area contributed by atoms with Gasteiger partial charge >= 0.3 is 0 Å². The summed E-state index contributed by atoms with van der Waals surface area (Å²) in [5, 5.41) is 12.3. The second-order valence-corrected chi connectivity index (χ2v) is 4.75. The van der Waals surface area contributed by atoms with Crippen molar-refractivity contribution >= 4 is 5.91 Å². The standard InChI is InChI=1S/C10H17NO3/c1-10(2,13)9(12)11-7-5-6-3-4-8(7)14-6/h6-8,13H,3-5H2,1-2H3,(H,11,12). The van der Waals surface area contributed by atoms with E-state index in [1.165, 1.54) is 13.8 Å². The van der Waals surface area contributed by atoms with E-state index < -0.39 is 5.60 Å². The maximum atomic E-state index is 11.5. The molecule has 2 rings (SSSR count). The number of nitrogens with one attached hydrogen (secondary N) is 1. The van der Waals surface area contributed by atoms with E-state index in [4.69, 9.17) is 4.74 Å². The van der Waals surface area contributed by atoms with Crippen molar-refractivity contribution in [1.82, 2.24) is 5.32 Å². The van der Waals surface area contributed by atoms with E-state index in [0.717, 1.165) is 19.3 Å². The summed E-state index contributed by atoms with van der Waals surface area (Å²) >= 11 is 0. The summed E-state index contributed by atoms with van der Waals surface area (Å²) in [6, 6.07) is 0.104. The Balaban J connectivity index is 1.90. The minimum atomic E-state index is -1.29. The van der Waals surface area contributed by atoms with E-state index in [-0.39, 0.29) is 18.1 Å².